The van der Waals surface area contributed by atoms with E-state index in [1.165, 1.54) is 12.3 Å². The lowest BCUT2D eigenvalue weighted by Gasteiger charge is -2.28. The van der Waals surface area contributed by atoms with E-state index in [1.54, 1.807) is 6.07 Å². The SMILES string of the molecule is CC(NC(=O)Nc1cccnc1C(=O)O)C1CCOCC1. The fourth-order valence-corrected chi connectivity index (χ4v) is 2.38. The van der Waals surface area contributed by atoms with E-state index < -0.39 is 12.0 Å². The predicted octanol–water partition coefficient (Wildman–Crippen LogP) is 1.72. The van der Waals surface area contributed by atoms with Crippen molar-refractivity contribution in [2.75, 3.05) is 18.5 Å². The zero-order valence-corrected chi connectivity index (χ0v) is 11.8. The molecule has 114 valence electrons. The summed E-state index contributed by atoms with van der Waals surface area (Å²) in [4.78, 5) is 26.7. The van der Waals surface area contributed by atoms with E-state index in [2.05, 4.69) is 15.6 Å². The van der Waals surface area contributed by atoms with Crippen LogP contribution in [0, 0.1) is 5.92 Å². The lowest BCUT2D eigenvalue weighted by molar-refractivity contribution is 0.0573. The highest BCUT2D eigenvalue weighted by Gasteiger charge is 2.22. The standard InChI is InChI=1S/C14H19N3O4/c1-9(10-4-7-21-8-5-10)16-14(20)17-11-3-2-6-15-12(11)13(18)19/h2-3,6,9-10H,4-5,7-8H2,1H3,(H,18,19)(H2,16,17,20). The Morgan fingerprint density at radius 1 is 1.43 bits per heavy atom. The number of amides is 2. The van der Waals surface area contributed by atoms with Crippen LogP contribution in [0.3, 0.4) is 0 Å². The number of anilines is 1. The van der Waals surface area contributed by atoms with Crippen molar-refractivity contribution in [3.05, 3.63) is 24.0 Å². The largest absolute Gasteiger partial charge is 0.476 e. The average molecular weight is 293 g/mol. The van der Waals surface area contributed by atoms with Crippen molar-refractivity contribution in [2.45, 2.75) is 25.8 Å². The smallest absolute Gasteiger partial charge is 0.356 e. The van der Waals surface area contributed by atoms with Crippen molar-refractivity contribution in [1.82, 2.24) is 10.3 Å². The van der Waals surface area contributed by atoms with Gasteiger partial charge in [-0.25, -0.2) is 14.6 Å². The maximum Gasteiger partial charge on any atom is 0.356 e. The predicted molar refractivity (Wildman–Crippen MR) is 76.4 cm³/mol. The van der Waals surface area contributed by atoms with Crippen molar-refractivity contribution >= 4 is 17.7 Å². The van der Waals surface area contributed by atoms with Crippen LogP contribution in [0.25, 0.3) is 0 Å². The molecule has 3 N–H and O–H groups in total. The second-order valence-electron chi connectivity index (χ2n) is 5.04. The Morgan fingerprint density at radius 3 is 2.81 bits per heavy atom. The Labute approximate surface area is 122 Å². The highest BCUT2D eigenvalue weighted by atomic mass is 16.5. The fourth-order valence-electron chi connectivity index (χ4n) is 2.38. The van der Waals surface area contributed by atoms with Crippen LogP contribution in [0.1, 0.15) is 30.3 Å². The number of ether oxygens (including phenoxy) is 1. The number of hydrogen-bond donors (Lipinski definition) is 3. The Bertz CT molecular complexity index is 515. The molecule has 2 amide bonds. The number of carbonyl (C=O) groups excluding carboxylic acids is 1. The number of nitrogens with zero attached hydrogens (tertiary/aromatic N) is 1. The third-order valence-electron chi connectivity index (χ3n) is 3.59. The molecule has 1 aliphatic rings. The van der Waals surface area contributed by atoms with E-state index in [4.69, 9.17) is 9.84 Å². The summed E-state index contributed by atoms with van der Waals surface area (Å²) < 4.78 is 5.29. The summed E-state index contributed by atoms with van der Waals surface area (Å²) in [7, 11) is 0. The van der Waals surface area contributed by atoms with Crippen LogP contribution in [0.4, 0.5) is 10.5 Å². The molecule has 0 aliphatic carbocycles. The Hall–Kier alpha value is -2.15. The molecule has 1 aromatic rings. The lowest BCUT2D eigenvalue weighted by atomic mass is 9.93. The Morgan fingerprint density at radius 2 is 2.14 bits per heavy atom. The number of aromatic carboxylic acids is 1. The second kappa shape index (κ2) is 7.03. The number of aromatic nitrogens is 1. The third kappa shape index (κ3) is 4.16. The van der Waals surface area contributed by atoms with Crippen molar-refractivity contribution in [2.24, 2.45) is 5.92 Å². The van der Waals surface area contributed by atoms with E-state index in [-0.39, 0.29) is 17.4 Å². The van der Waals surface area contributed by atoms with Gasteiger partial charge >= 0.3 is 12.0 Å². The highest BCUT2D eigenvalue weighted by molar-refractivity contribution is 5.98. The molecule has 1 atom stereocenters. The van der Waals surface area contributed by atoms with Gasteiger partial charge in [-0.05, 0) is 37.8 Å². The topological polar surface area (TPSA) is 101 Å². The molecule has 0 aromatic carbocycles. The normalized spacial score (nSPS) is 17.0. The number of nitrogens with one attached hydrogen (secondary N) is 2. The minimum absolute atomic E-state index is 0.00107. The number of rotatable bonds is 4. The van der Waals surface area contributed by atoms with Crippen molar-refractivity contribution in [3.63, 3.8) is 0 Å². The van der Waals surface area contributed by atoms with E-state index in [0.29, 0.717) is 19.1 Å². The molecule has 7 heteroatoms. The van der Waals surface area contributed by atoms with Crippen molar-refractivity contribution in [1.29, 1.82) is 0 Å². The van der Waals surface area contributed by atoms with E-state index in [1.807, 2.05) is 6.92 Å². The molecule has 0 saturated carbocycles. The van der Waals surface area contributed by atoms with E-state index in [0.717, 1.165) is 12.8 Å². The monoisotopic (exact) mass is 293 g/mol. The summed E-state index contributed by atoms with van der Waals surface area (Å²) in [6.07, 6.45) is 3.20. The summed E-state index contributed by atoms with van der Waals surface area (Å²) in [5, 5.41) is 14.4. The van der Waals surface area contributed by atoms with Gasteiger partial charge < -0.3 is 20.5 Å². The van der Waals surface area contributed by atoms with Gasteiger partial charge in [0.15, 0.2) is 5.69 Å². The van der Waals surface area contributed by atoms with E-state index >= 15 is 0 Å². The first kappa shape index (κ1) is 15.2. The van der Waals surface area contributed by atoms with Crippen LogP contribution in [-0.4, -0.2) is 41.3 Å². The molecule has 2 heterocycles. The number of hydrogen-bond acceptors (Lipinski definition) is 4. The van der Waals surface area contributed by atoms with Crippen LogP contribution in [0.2, 0.25) is 0 Å². The van der Waals surface area contributed by atoms with Gasteiger partial charge in [-0.3, -0.25) is 0 Å². The molecule has 0 radical (unpaired) electrons. The number of carboxylic acid groups (broad SMARTS) is 1. The van der Waals surface area contributed by atoms with Gasteiger partial charge in [0.05, 0.1) is 5.69 Å². The van der Waals surface area contributed by atoms with Crippen LogP contribution in [0.15, 0.2) is 18.3 Å². The summed E-state index contributed by atoms with van der Waals surface area (Å²) in [5.74, 6) is -0.805. The van der Waals surface area contributed by atoms with Crippen LogP contribution >= 0.6 is 0 Å². The first-order chi connectivity index (χ1) is 10.1. The Kier molecular flexibility index (Phi) is 5.10. The van der Waals surface area contributed by atoms with Gasteiger partial charge in [0.25, 0.3) is 0 Å². The summed E-state index contributed by atoms with van der Waals surface area (Å²) in [5.41, 5.74) is 0.00745. The minimum atomic E-state index is -1.18. The molecule has 21 heavy (non-hydrogen) atoms. The third-order valence-corrected chi connectivity index (χ3v) is 3.59. The molecule has 2 rings (SSSR count). The van der Waals surface area contributed by atoms with Crippen LogP contribution < -0.4 is 10.6 Å². The zero-order valence-electron chi connectivity index (χ0n) is 11.8. The molecular weight excluding hydrogens is 274 g/mol. The van der Waals surface area contributed by atoms with Crippen LogP contribution in [-0.2, 0) is 4.74 Å². The summed E-state index contributed by atoms with van der Waals surface area (Å²) in [6, 6.07) is 2.65. The van der Waals surface area contributed by atoms with Gasteiger partial charge in [0.1, 0.15) is 0 Å². The molecular formula is C14H19N3O4. The maximum atomic E-state index is 12.0. The molecule has 1 unspecified atom stereocenters. The first-order valence-electron chi connectivity index (χ1n) is 6.91. The van der Waals surface area contributed by atoms with Crippen molar-refractivity contribution in [3.8, 4) is 0 Å². The highest BCUT2D eigenvalue weighted by Crippen LogP contribution is 2.19. The molecule has 7 nitrogen and oxygen atoms in total. The number of urea groups is 1. The van der Waals surface area contributed by atoms with Gasteiger partial charge in [-0.15, -0.1) is 0 Å². The average Bonchev–Trinajstić information content (AvgIpc) is 2.48. The number of pyridine rings is 1. The molecule has 0 bridgehead atoms. The summed E-state index contributed by atoms with van der Waals surface area (Å²) >= 11 is 0. The lowest BCUT2D eigenvalue weighted by Crippen LogP contribution is -2.42. The van der Waals surface area contributed by atoms with Gasteiger partial charge in [-0.2, -0.15) is 0 Å². The second-order valence-corrected chi connectivity index (χ2v) is 5.04. The number of carbonyl (C=O) groups is 2. The molecule has 1 aliphatic heterocycles. The molecule has 1 saturated heterocycles. The van der Waals surface area contributed by atoms with E-state index in [9.17, 15) is 9.59 Å². The Balaban J connectivity index is 1.94. The summed E-state index contributed by atoms with van der Waals surface area (Å²) in [6.45, 7) is 3.37. The fraction of sp³-hybridized carbons (Fsp3) is 0.500. The number of carboxylic acids is 1. The molecule has 1 aromatic heterocycles. The van der Waals surface area contributed by atoms with Gasteiger partial charge in [-0.1, -0.05) is 0 Å². The first-order valence-corrected chi connectivity index (χ1v) is 6.91. The zero-order chi connectivity index (χ0) is 15.2. The molecule has 0 spiro atoms. The molecule has 1 fully saturated rings. The van der Waals surface area contributed by atoms with Crippen LogP contribution in [0.5, 0.6) is 0 Å². The maximum absolute atomic E-state index is 12.0. The quantitative estimate of drug-likeness (QED) is 0.784. The van der Waals surface area contributed by atoms with Crippen molar-refractivity contribution < 1.29 is 19.4 Å². The van der Waals surface area contributed by atoms with Gasteiger partial charge in [0.2, 0.25) is 0 Å². The minimum Gasteiger partial charge on any atom is -0.476 e. The van der Waals surface area contributed by atoms with Gasteiger partial charge in [0, 0.05) is 25.5 Å².